The van der Waals surface area contributed by atoms with E-state index in [0.29, 0.717) is 17.1 Å². The van der Waals surface area contributed by atoms with E-state index >= 15 is 0 Å². The van der Waals surface area contributed by atoms with Crippen molar-refractivity contribution in [1.29, 1.82) is 0 Å². The molecule has 0 bridgehead atoms. The molecule has 0 fully saturated rings. The van der Waals surface area contributed by atoms with Crippen molar-refractivity contribution in [3.05, 3.63) is 51.4 Å². The van der Waals surface area contributed by atoms with Gasteiger partial charge in [0.2, 0.25) is 0 Å². The van der Waals surface area contributed by atoms with E-state index in [2.05, 4.69) is 10.3 Å². The lowest BCUT2D eigenvalue weighted by molar-refractivity contribution is 0.0951. The predicted molar refractivity (Wildman–Crippen MR) is 64.7 cm³/mol. The molecule has 1 aromatic heterocycles. The fourth-order valence-corrected chi connectivity index (χ4v) is 1.97. The first kappa shape index (κ1) is 11.1. The van der Waals surface area contributed by atoms with Crippen LogP contribution < -0.4 is 5.32 Å². The molecule has 1 amide bonds. The van der Waals surface area contributed by atoms with Crippen molar-refractivity contribution in [2.75, 3.05) is 0 Å². The zero-order valence-corrected chi connectivity index (χ0v) is 9.89. The molecule has 16 heavy (non-hydrogen) atoms. The molecule has 5 heteroatoms. The Morgan fingerprint density at radius 1 is 1.50 bits per heavy atom. The molecule has 0 aliphatic heterocycles. The Bertz CT molecular complexity index is 484. The molecule has 1 aromatic carbocycles. The first-order valence-electron chi connectivity index (χ1n) is 4.68. The molecule has 0 saturated carbocycles. The Labute approximate surface area is 102 Å². The van der Waals surface area contributed by atoms with Crippen LogP contribution >= 0.6 is 22.9 Å². The van der Waals surface area contributed by atoms with Crippen molar-refractivity contribution in [3.63, 3.8) is 0 Å². The molecule has 82 valence electrons. The highest BCUT2D eigenvalue weighted by molar-refractivity contribution is 7.09. The average molecular weight is 253 g/mol. The number of hydrogen-bond donors (Lipinski definition) is 1. The van der Waals surface area contributed by atoms with Crippen molar-refractivity contribution < 1.29 is 4.79 Å². The highest BCUT2D eigenvalue weighted by Crippen LogP contribution is 2.11. The van der Waals surface area contributed by atoms with E-state index in [0.717, 1.165) is 5.01 Å². The quantitative estimate of drug-likeness (QED) is 0.913. The smallest absolute Gasteiger partial charge is 0.251 e. The van der Waals surface area contributed by atoms with E-state index in [1.54, 1.807) is 30.5 Å². The Hall–Kier alpha value is -1.39. The normalized spacial score (nSPS) is 10.1. The van der Waals surface area contributed by atoms with E-state index in [1.165, 1.54) is 11.3 Å². The number of halogens is 1. The minimum Gasteiger partial charge on any atom is -0.346 e. The molecule has 2 aromatic rings. The molecule has 2 rings (SSSR count). The van der Waals surface area contributed by atoms with Crippen LogP contribution in [0.25, 0.3) is 0 Å². The number of rotatable bonds is 3. The molecule has 0 radical (unpaired) electrons. The van der Waals surface area contributed by atoms with Gasteiger partial charge in [-0.3, -0.25) is 4.79 Å². The van der Waals surface area contributed by atoms with E-state index in [1.807, 2.05) is 5.38 Å². The number of amides is 1. The highest BCUT2D eigenvalue weighted by atomic mass is 35.5. The molecular formula is C11H9ClN2OS. The summed E-state index contributed by atoms with van der Waals surface area (Å²) in [5.74, 6) is -0.141. The molecule has 1 heterocycles. The Morgan fingerprint density at radius 2 is 2.38 bits per heavy atom. The molecule has 3 nitrogen and oxygen atoms in total. The molecule has 0 aliphatic rings. The summed E-state index contributed by atoms with van der Waals surface area (Å²) < 4.78 is 0. The minimum atomic E-state index is -0.141. The van der Waals surface area contributed by atoms with Gasteiger partial charge in [0.15, 0.2) is 0 Å². The van der Waals surface area contributed by atoms with E-state index in [9.17, 15) is 4.79 Å². The van der Waals surface area contributed by atoms with Crippen LogP contribution in [0.3, 0.4) is 0 Å². The van der Waals surface area contributed by atoms with Gasteiger partial charge < -0.3 is 5.32 Å². The molecule has 1 N–H and O–H groups in total. The third-order valence-electron chi connectivity index (χ3n) is 1.97. The zero-order chi connectivity index (χ0) is 11.4. The van der Waals surface area contributed by atoms with Crippen molar-refractivity contribution >= 4 is 28.8 Å². The number of thiazole rings is 1. The van der Waals surface area contributed by atoms with Crippen molar-refractivity contribution in [2.45, 2.75) is 6.54 Å². The molecule has 0 spiro atoms. The predicted octanol–water partition coefficient (Wildman–Crippen LogP) is 2.73. The summed E-state index contributed by atoms with van der Waals surface area (Å²) in [7, 11) is 0. The second-order valence-corrected chi connectivity index (χ2v) is 4.53. The van der Waals surface area contributed by atoms with Crippen molar-refractivity contribution in [2.24, 2.45) is 0 Å². The van der Waals surface area contributed by atoms with Gasteiger partial charge in [-0.05, 0) is 18.2 Å². The molecule has 0 aliphatic carbocycles. The first-order valence-corrected chi connectivity index (χ1v) is 5.93. The fourth-order valence-electron chi connectivity index (χ4n) is 1.23. The van der Waals surface area contributed by atoms with Crippen molar-refractivity contribution in [3.8, 4) is 0 Å². The summed E-state index contributed by atoms with van der Waals surface area (Å²) in [4.78, 5) is 15.8. The van der Waals surface area contributed by atoms with Crippen LogP contribution in [0, 0.1) is 0 Å². The van der Waals surface area contributed by atoms with Crippen LogP contribution in [0.5, 0.6) is 0 Å². The van der Waals surface area contributed by atoms with Crippen LogP contribution in [0.4, 0.5) is 0 Å². The summed E-state index contributed by atoms with van der Waals surface area (Å²) in [5.41, 5.74) is 0.559. The number of aromatic nitrogens is 1. The topological polar surface area (TPSA) is 42.0 Å². The standard InChI is InChI=1S/C11H9ClN2OS/c12-9-3-1-2-8(6-9)11(15)14-7-10-13-4-5-16-10/h1-6H,7H2,(H,14,15). The summed E-state index contributed by atoms with van der Waals surface area (Å²) >= 11 is 7.31. The Morgan fingerprint density at radius 3 is 3.06 bits per heavy atom. The van der Waals surface area contributed by atoms with Gasteiger partial charge in [-0.15, -0.1) is 11.3 Å². The number of benzene rings is 1. The second-order valence-electron chi connectivity index (χ2n) is 3.12. The lowest BCUT2D eigenvalue weighted by Gasteiger charge is -2.03. The number of hydrogen-bond acceptors (Lipinski definition) is 3. The fraction of sp³-hybridized carbons (Fsp3) is 0.0909. The van der Waals surface area contributed by atoms with Crippen LogP contribution in [0.15, 0.2) is 35.8 Å². The first-order chi connectivity index (χ1) is 7.75. The Kier molecular flexibility index (Phi) is 3.54. The van der Waals surface area contributed by atoms with Gasteiger partial charge in [0, 0.05) is 22.2 Å². The summed E-state index contributed by atoms with van der Waals surface area (Å²) in [6.45, 7) is 0.447. The van der Waals surface area contributed by atoms with Gasteiger partial charge in [-0.2, -0.15) is 0 Å². The minimum absolute atomic E-state index is 0.141. The highest BCUT2D eigenvalue weighted by Gasteiger charge is 2.05. The summed E-state index contributed by atoms with van der Waals surface area (Å²) in [6.07, 6.45) is 1.71. The zero-order valence-electron chi connectivity index (χ0n) is 8.31. The third-order valence-corrected chi connectivity index (χ3v) is 2.99. The average Bonchev–Trinajstić information content (AvgIpc) is 2.78. The van der Waals surface area contributed by atoms with E-state index in [-0.39, 0.29) is 5.91 Å². The molecule has 0 unspecified atom stereocenters. The molecule has 0 saturated heterocycles. The van der Waals surface area contributed by atoms with Gasteiger partial charge in [0.1, 0.15) is 5.01 Å². The van der Waals surface area contributed by atoms with Crippen LogP contribution in [0.2, 0.25) is 5.02 Å². The van der Waals surface area contributed by atoms with Gasteiger partial charge in [0.05, 0.1) is 6.54 Å². The Balaban J connectivity index is 1.98. The SMILES string of the molecule is O=C(NCc1nccs1)c1cccc(Cl)c1. The maximum absolute atomic E-state index is 11.7. The van der Waals surface area contributed by atoms with Gasteiger partial charge in [-0.1, -0.05) is 17.7 Å². The maximum atomic E-state index is 11.7. The number of nitrogens with zero attached hydrogens (tertiary/aromatic N) is 1. The third kappa shape index (κ3) is 2.81. The number of nitrogens with one attached hydrogen (secondary N) is 1. The lowest BCUT2D eigenvalue weighted by Crippen LogP contribution is -2.22. The molecular weight excluding hydrogens is 244 g/mol. The lowest BCUT2D eigenvalue weighted by atomic mass is 10.2. The van der Waals surface area contributed by atoms with Crippen LogP contribution in [0.1, 0.15) is 15.4 Å². The van der Waals surface area contributed by atoms with Gasteiger partial charge >= 0.3 is 0 Å². The van der Waals surface area contributed by atoms with Crippen LogP contribution in [-0.4, -0.2) is 10.9 Å². The summed E-state index contributed by atoms with van der Waals surface area (Å²) in [6, 6.07) is 6.85. The van der Waals surface area contributed by atoms with E-state index in [4.69, 9.17) is 11.6 Å². The number of carbonyl (C=O) groups excluding carboxylic acids is 1. The summed E-state index contributed by atoms with van der Waals surface area (Å²) in [5, 5.41) is 6.10. The number of carbonyl (C=O) groups is 1. The molecule has 0 atom stereocenters. The van der Waals surface area contributed by atoms with Crippen LogP contribution in [-0.2, 0) is 6.54 Å². The van der Waals surface area contributed by atoms with Crippen molar-refractivity contribution in [1.82, 2.24) is 10.3 Å². The largest absolute Gasteiger partial charge is 0.346 e. The monoisotopic (exact) mass is 252 g/mol. The van der Waals surface area contributed by atoms with E-state index < -0.39 is 0 Å². The van der Waals surface area contributed by atoms with Gasteiger partial charge in [-0.25, -0.2) is 4.98 Å². The second kappa shape index (κ2) is 5.09. The van der Waals surface area contributed by atoms with Gasteiger partial charge in [0.25, 0.3) is 5.91 Å². The maximum Gasteiger partial charge on any atom is 0.251 e.